The van der Waals surface area contributed by atoms with Gasteiger partial charge in [-0.2, -0.15) is 0 Å². The minimum Gasteiger partial charge on any atom is -0.377 e. The first-order valence-corrected chi connectivity index (χ1v) is 9.34. The van der Waals surface area contributed by atoms with Gasteiger partial charge in [0.05, 0.1) is 11.9 Å². The number of nitrogens with one attached hydrogen (secondary N) is 1. The molecular weight excluding hydrogens is 334 g/mol. The van der Waals surface area contributed by atoms with Gasteiger partial charge in [-0.1, -0.05) is 54.6 Å². The van der Waals surface area contributed by atoms with Crippen molar-refractivity contribution in [2.45, 2.75) is 25.9 Å². The number of anilines is 1. The van der Waals surface area contributed by atoms with E-state index in [4.69, 9.17) is 0 Å². The second-order valence-electron chi connectivity index (χ2n) is 6.95. The van der Waals surface area contributed by atoms with Gasteiger partial charge in [-0.15, -0.1) is 0 Å². The number of carbonyl (C=O) groups excluding carboxylic acids is 1. The molecular formula is C23H23N3O. The molecule has 1 aromatic heterocycles. The molecule has 4 rings (SSSR count). The van der Waals surface area contributed by atoms with E-state index in [1.54, 1.807) is 6.20 Å². The summed E-state index contributed by atoms with van der Waals surface area (Å²) in [5.74, 6) is -0.00726. The van der Waals surface area contributed by atoms with Crippen LogP contribution >= 0.6 is 0 Å². The van der Waals surface area contributed by atoms with Crippen LogP contribution in [0.15, 0.2) is 72.9 Å². The third-order valence-electron chi connectivity index (χ3n) is 5.08. The highest BCUT2D eigenvalue weighted by Gasteiger charge is 2.22. The zero-order valence-corrected chi connectivity index (χ0v) is 15.4. The lowest BCUT2D eigenvalue weighted by Gasteiger charge is -2.28. The highest BCUT2D eigenvalue weighted by atomic mass is 16.2. The molecule has 0 radical (unpaired) electrons. The standard InChI is InChI=1S/C23H23N3O/c1-17(18-7-3-2-4-8-18)25-21-11-12-22(24-15-21)23(27)26-14-13-19-9-5-6-10-20(19)16-26/h2-12,15,17,25H,13-14,16H2,1H3. The zero-order valence-electron chi connectivity index (χ0n) is 15.4. The molecule has 2 heterocycles. The Morgan fingerprint density at radius 2 is 1.74 bits per heavy atom. The van der Waals surface area contributed by atoms with Crippen LogP contribution in [0.5, 0.6) is 0 Å². The van der Waals surface area contributed by atoms with E-state index in [-0.39, 0.29) is 11.9 Å². The molecule has 0 spiro atoms. The Labute approximate surface area is 159 Å². The van der Waals surface area contributed by atoms with Gasteiger partial charge in [0, 0.05) is 19.1 Å². The van der Waals surface area contributed by atoms with Crippen molar-refractivity contribution in [1.82, 2.24) is 9.88 Å². The van der Waals surface area contributed by atoms with Crippen LogP contribution in [-0.2, 0) is 13.0 Å². The molecule has 3 aromatic rings. The molecule has 1 aliphatic heterocycles. The quantitative estimate of drug-likeness (QED) is 0.750. The minimum absolute atomic E-state index is 0.00726. The normalized spacial score (nSPS) is 14.3. The Morgan fingerprint density at radius 3 is 2.48 bits per heavy atom. The molecule has 1 amide bonds. The fourth-order valence-electron chi connectivity index (χ4n) is 3.51. The third-order valence-corrected chi connectivity index (χ3v) is 5.08. The van der Waals surface area contributed by atoms with Crippen molar-refractivity contribution in [3.63, 3.8) is 0 Å². The number of hydrogen-bond acceptors (Lipinski definition) is 3. The Morgan fingerprint density at radius 1 is 1.00 bits per heavy atom. The number of pyridine rings is 1. The van der Waals surface area contributed by atoms with E-state index in [1.807, 2.05) is 41.3 Å². The van der Waals surface area contributed by atoms with Crippen LogP contribution < -0.4 is 5.32 Å². The van der Waals surface area contributed by atoms with Gasteiger partial charge in [0.15, 0.2) is 0 Å². The zero-order chi connectivity index (χ0) is 18.6. The lowest BCUT2D eigenvalue weighted by Crippen LogP contribution is -2.36. The predicted octanol–water partition coefficient (Wildman–Crippen LogP) is 4.45. The topological polar surface area (TPSA) is 45.2 Å². The van der Waals surface area contributed by atoms with E-state index in [9.17, 15) is 4.79 Å². The largest absolute Gasteiger partial charge is 0.377 e. The average Bonchev–Trinajstić information content (AvgIpc) is 2.74. The third kappa shape index (κ3) is 3.85. The summed E-state index contributed by atoms with van der Waals surface area (Å²) >= 11 is 0. The van der Waals surface area contributed by atoms with Gasteiger partial charge in [0.1, 0.15) is 5.69 Å². The van der Waals surface area contributed by atoms with Crippen LogP contribution in [0.1, 0.15) is 40.1 Å². The molecule has 0 bridgehead atoms. The van der Waals surface area contributed by atoms with Crippen molar-refractivity contribution in [3.8, 4) is 0 Å². The lowest BCUT2D eigenvalue weighted by molar-refractivity contribution is 0.0729. The van der Waals surface area contributed by atoms with Crippen molar-refractivity contribution in [2.24, 2.45) is 0 Å². The van der Waals surface area contributed by atoms with Gasteiger partial charge in [0.25, 0.3) is 5.91 Å². The van der Waals surface area contributed by atoms with E-state index in [0.29, 0.717) is 12.2 Å². The van der Waals surface area contributed by atoms with Gasteiger partial charge in [0.2, 0.25) is 0 Å². The van der Waals surface area contributed by atoms with Gasteiger partial charge < -0.3 is 10.2 Å². The smallest absolute Gasteiger partial charge is 0.272 e. The SMILES string of the molecule is CC(Nc1ccc(C(=O)N2CCc3ccccc3C2)nc1)c1ccccc1. The van der Waals surface area contributed by atoms with Crippen molar-refractivity contribution in [1.29, 1.82) is 0 Å². The number of fused-ring (bicyclic) bond motifs is 1. The summed E-state index contributed by atoms with van der Waals surface area (Å²) in [6.07, 6.45) is 2.64. The van der Waals surface area contributed by atoms with Crippen LogP contribution in [-0.4, -0.2) is 22.3 Å². The highest BCUT2D eigenvalue weighted by molar-refractivity contribution is 5.92. The summed E-state index contributed by atoms with van der Waals surface area (Å²) in [4.78, 5) is 19.1. The summed E-state index contributed by atoms with van der Waals surface area (Å²) < 4.78 is 0. The van der Waals surface area contributed by atoms with Crippen LogP contribution in [0.3, 0.4) is 0 Å². The molecule has 27 heavy (non-hydrogen) atoms. The van der Waals surface area contributed by atoms with E-state index in [2.05, 4.69) is 47.6 Å². The summed E-state index contributed by atoms with van der Waals surface area (Å²) in [5.41, 5.74) is 5.18. The maximum atomic E-state index is 12.8. The van der Waals surface area contributed by atoms with Crippen molar-refractivity contribution in [2.75, 3.05) is 11.9 Å². The van der Waals surface area contributed by atoms with Crippen LogP contribution in [0.4, 0.5) is 5.69 Å². The van der Waals surface area contributed by atoms with E-state index >= 15 is 0 Å². The van der Waals surface area contributed by atoms with Gasteiger partial charge in [-0.05, 0) is 42.2 Å². The maximum Gasteiger partial charge on any atom is 0.272 e. The number of benzene rings is 2. The molecule has 4 heteroatoms. The first kappa shape index (κ1) is 17.3. The number of amides is 1. The second-order valence-corrected chi connectivity index (χ2v) is 6.95. The number of nitrogens with zero attached hydrogens (tertiary/aromatic N) is 2. The first-order valence-electron chi connectivity index (χ1n) is 9.34. The van der Waals surface area contributed by atoms with Crippen molar-refractivity contribution >= 4 is 11.6 Å². The average molecular weight is 357 g/mol. The first-order chi connectivity index (χ1) is 13.2. The van der Waals surface area contributed by atoms with Crippen molar-refractivity contribution in [3.05, 3.63) is 95.3 Å². The van der Waals surface area contributed by atoms with E-state index in [1.165, 1.54) is 16.7 Å². The molecule has 1 aliphatic rings. The minimum atomic E-state index is -0.00726. The lowest BCUT2D eigenvalue weighted by atomic mass is 10.00. The van der Waals surface area contributed by atoms with Gasteiger partial charge >= 0.3 is 0 Å². The fourth-order valence-corrected chi connectivity index (χ4v) is 3.51. The fraction of sp³-hybridized carbons (Fsp3) is 0.217. The molecule has 0 saturated heterocycles. The summed E-state index contributed by atoms with van der Waals surface area (Å²) in [6.45, 7) is 3.50. The molecule has 4 nitrogen and oxygen atoms in total. The Balaban J connectivity index is 1.42. The van der Waals surface area contributed by atoms with Crippen molar-refractivity contribution < 1.29 is 4.79 Å². The Bertz CT molecular complexity index is 922. The number of rotatable bonds is 4. The van der Waals surface area contributed by atoms with E-state index < -0.39 is 0 Å². The monoisotopic (exact) mass is 357 g/mol. The molecule has 1 N–H and O–H groups in total. The molecule has 136 valence electrons. The van der Waals surface area contributed by atoms with Crippen LogP contribution in [0.25, 0.3) is 0 Å². The summed E-state index contributed by atoms with van der Waals surface area (Å²) in [7, 11) is 0. The van der Waals surface area contributed by atoms with E-state index in [0.717, 1.165) is 18.7 Å². The molecule has 0 aliphatic carbocycles. The second kappa shape index (κ2) is 7.62. The predicted molar refractivity (Wildman–Crippen MR) is 108 cm³/mol. The summed E-state index contributed by atoms with van der Waals surface area (Å²) in [6, 6.07) is 22.5. The maximum absolute atomic E-state index is 12.8. The number of hydrogen-bond donors (Lipinski definition) is 1. The van der Waals surface area contributed by atoms with Gasteiger partial charge in [-0.25, -0.2) is 4.98 Å². The van der Waals surface area contributed by atoms with Gasteiger partial charge in [-0.3, -0.25) is 4.79 Å². The molecule has 0 fully saturated rings. The summed E-state index contributed by atoms with van der Waals surface area (Å²) in [5, 5.41) is 3.43. The number of aromatic nitrogens is 1. The molecule has 0 saturated carbocycles. The van der Waals surface area contributed by atoms with Crippen LogP contribution in [0.2, 0.25) is 0 Å². The Hall–Kier alpha value is -3.14. The molecule has 2 aromatic carbocycles. The number of carbonyl (C=O) groups is 1. The molecule has 1 unspecified atom stereocenters. The Kier molecular flexibility index (Phi) is 4.88. The molecule has 1 atom stereocenters. The highest BCUT2D eigenvalue weighted by Crippen LogP contribution is 2.21. The van der Waals surface area contributed by atoms with Crippen LogP contribution in [0, 0.1) is 0 Å².